The molecule has 0 aliphatic heterocycles. The number of hydrogen-bond acceptors (Lipinski definition) is 4. The van der Waals surface area contributed by atoms with Gasteiger partial charge in [-0.25, -0.2) is 0 Å². The zero-order chi connectivity index (χ0) is 9.78. The minimum Gasteiger partial charge on any atom is -0.377 e. The monoisotopic (exact) mass is 204 g/mol. The highest BCUT2D eigenvalue weighted by Crippen LogP contribution is 2.21. The van der Waals surface area contributed by atoms with Gasteiger partial charge in [0.2, 0.25) is 0 Å². The molecule has 74 valence electrons. The highest BCUT2D eigenvalue weighted by Gasteiger charge is 2.27. The smallest absolute Gasteiger partial charge is 0.377 e. The van der Waals surface area contributed by atoms with Gasteiger partial charge in [-0.1, -0.05) is 0 Å². The van der Waals surface area contributed by atoms with E-state index in [-0.39, 0.29) is 5.75 Å². The molecule has 0 aromatic carbocycles. The Kier molecular flexibility index (Phi) is 4.91. The Bertz CT molecular complexity index is 130. The van der Waals surface area contributed by atoms with Crippen molar-refractivity contribution in [2.75, 3.05) is 11.5 Å². The quantitative estimate of drug-likeness (QED) is 0.558. The van der Waals surface area contributed by atoms with Crippen LogP contribution in [0.5, 0.6) is 0 Å². The molecule has 0 bridgehead atoms. The van der Waals surface area contributed by atoms with Gasteiger partial charge in [-0.3, -0.25) is 0 Å². The van der Waals surface area contributed by atoms with E-state index >= 15 is 0 Å². The van der Waals surface area contributed by atoms with Gasteiger partial charge in [0.05, 0.1) is 11.8 Å². The first-order valence-corrected chi connectivity index (χ1v) is 4.32. The zero-order valence-electron chi connectivity index (χ0n) is 6.21. The van der Waals surface area contributed by atoms with E-state index in [1.165, 1.54) is 0 Å². The molecule has 0 radical (unpaired) electrons. The molecule has 0 saturated heterocycles. The number of halogens is 3. The normalized spacial score (nSPS) is 17.5. The van der Waals surface area contributed by atoms with Gasteiger partial charge in [0.25, 0.3) is 0 Å². The Balaban J connectivity index is 3.44. The van der Waals surface area contributed by atoms with Crippen molar-refractivity contribution in [2.45, 2.75) is 18.4 Å². The number of aliphatic hydroxyl groups is 1. The highest BCUT2D eigenvalue weighted by molar-refractivity contribution is 7.99. The van der Waals surface area contributed by atoms with Gasteiger partial charge in [0, 0.05) is 5.75 Å². The van der Waals surface area contributed by atoms with Crippen LogP contribution in [0.1, 0.15) is 0 Å². The SMILES string of the molecule is NC(O)[C@@H](N)CSCC(F)(F)F. The number of alkyl halides is 3. The van der Waals surface area contributed by atoms with Gasteiger partial charge in [0.15, 0.2) is 0 Å². The van der Waals surface area contributed by atoms with Crippen molar-refractivity contribution in [3.05, 3.63) is 0 Å². The lowest BCUT2D eigenvalue weighted by Crippen LogP contribution is -2.43. The predicted molar refractivity (Wildman–Crippen MR) is 41.5 cm³/mol. The van der Waals surface area contributed by atoms with Crippen LogP contribution in [-0.2, 0) is 0 Å². The van der Waals surface area contributed by atoms with Gasteiger partial charge >= 0.3 is 6.18 Å². The molecule has 7 heteroatoms. The summed E-state index contributed by atoms with van der Waals surface area (Å²) in [4.78, 5) is 0. The van der Waals surface area contributed by atoms with Crippen molar-refractivity contribution >= 4 is 11.8 Å². The molecule has 3 nitrogen and oxygen atoms in total. The first-order chi connectivity index (χ1) is 5.33. The predicted octanol–water partition coefficient (Wildman–Crippen LogP) is -0.114. The van der Waals surface area contributed by atoms with Gasteiger partial charge in [-0.2, -0.15) is 24.9 Å². The molecule has 0 rings (SSSR count). The van der Waals surface area contributed by atoms with Gasteiger partial charge < -0.3 is 16.6 Å². The van der Waals surface area contributed by atoms with E-state index in [4.69, 9.17) is 16.6 Å². The van der Waals surface area contributed by atoms with Crippen molar-refractivity contribution in [2.24, 2.45) is 11.5 Å². The Morgan fingerprint density at radius 3 is 2.17 bits per heavy atom. The van der Waals surface area contributed by atoms with E-state index in [1.54, 1.807) is 0 Å². The summed E-state index contributed by atoms with van der Waals surface area (Å²) >= 11 is 0.607. The first-order valence-electron chi connectivity index (χ1n) is 3.16. The first kappa shape index (κ1) is 12.0. The van der Waals surface area contributed by atoms with E-state index in [1.807, 2.05) is 0 Å². The summed E-state index contributed by atoms with van der Waals surface area (Å²) in [6, 6.07) is -0.808. The van der Waals surface area contributed by atoms with E-state index < -0.39 is 24.2 Å². The fourth-order valence-corrected chi connectivity index (χ4v) is 1.23. The molecule has 0 aliphatic rings. The molecule has 0 aromatic rings. The summed E-state index contributed by atoms with van der Waals surface area (Å²) in [6.45, 7) is 0. The molecule has 0 amide bonds. The molecular formula is C5H11F3N2OS. The Hall–Kier alpha value is 0.0200. The Labute approximate surface area is 72.3 Å². The fraction of sp³-hybridized carbons (Fsp3) is 1.00. The van der Waals surface area contributed by atoms with Gasteiger partial charge in [-0.15, -0.1) is 0 Å². The molecule has 12 heavy (non-hydrogen) atoms. The van der Waals surface area contributed by atoms with Crippen molar-refractivity contribution < 1.29 is 18.3 Å². The molecule has 2 atom stereocenters. The van der Waals surface area contributed by atoms with Crippen molar-refractivity contribution in [1.82, 2.24) is 0 Å². The maximum absolute atomic E-state index is 11.6. The molecule has 0 spiro atoms. The number of thioether (sulfide) groups is 1. The highest BCUT2D eigenvalue weighted by atomic mass is 32.2. The molecule has 1 unspecified atom stereocenters. The van der Waals surface area contributed by atoms with E-state index in [0.29, 0.717) is 11.8 Å². The van der Waals surface area contributed by atoms with Crippen LogP contribution >= 0.6 is 11.8 Å². The largest absolute Gasteiger partial charge is 0.397 e. The second-order valence-electron chi connectivity index (χ2n) is 2.28. The summed E-state index contributed by atoms with van der Waals surface area (Å²) in [5.41, 5.74) is 10.1. The number of aliphatic hydroxyl groups excluding tert-OH is 1. The molecular weight excluding hydrogens is 193 g/mol. The second-order valence-corrected chi connectivity index (χ2v) is 3.32. The van der Waals surface area contributed by atoms with Crippen LogP contribution in [0.4, 0.5) is 13.2 Å². The molecule has 0 aromatic heterocycles. The van der Waals surface area contributed by atoms with Crippen LogP contribution in [0.25, 0.3) is 0 Å². The van der Waals surface area contributed by atoms with E-state index in [0.717, 1.165) is 0 Å². The molecule has 5 N–H and O–H groups in total. The third-order valence-corrected chi connectivity index (χ3v) is 2.17. The number of nitrogens with two attached hydrogens (primary N) is 2. The lowest BCUT2D eigenvalue weighted by Gasteiger charge is -2.14. The standard InChI is InChI=1S/C5H11F3N2OS/c6-5(7,8)2-12-1-3(9)4(10)11/h3-4,11H,1-2,9-10H2/t3-,4?/m0/s1. The summed E-state index contributed by atoms with van der Waals surface area (Å²) in [6.07, 6.45) is -5.45. The molecule has 0 heterocycles. The molecule has 0 fully saturated rings. The van der Waals surface area contributed by atoms with Crippen molar-refractivity contribution in [1.29, 1.82) is 0 Å². The zero-order valence-corrected chi connectivity index (χ0v) is 7.03. The number of rotatable bonds is 4. The van der Waals surface area contributed by atoms with Crippen LogP contribution in [0.2, 0.25) is 0 Å². The van der Waals surface area contributed by atoms with Crippen molar-refractivity contribution in [3.63, 3.8) is 0 Å². The summed E-state index contributed by atoms with van der Waals surface area (Å²) in [5, 5.41) is 8.61. The average Bonchev–Trinajstić information content (AvgIpc) is 1.84. The van der Waals surface area contributed by atoms with Gasteiger partial charge in [0.1, 0.15) is 6.23 Å². The molecule has 0 aliphatic carbocycles. The second kappa shape index (κ2) is 4.90. The summed E-state index contributed by atoms with van der Waals surface area (Å²) < 4.78 is 34.7. The minimum absolute atomic E-state index is 0.00280. The van der Waals surface area contributed by atoms with Crippen LogP contribution in [0.15, 0.2) is 0 Å². The van der Waals surface area contributed by atoms with E-state index in [2.05, 4.69) is 0 Å². The third kappa shape index (κ3) is 6.71. The molecule has 0 saturated carbocycles. The third-order valence-electron chi connectivity index (χ3n) is 1.01. The number of hydrogen-bond donors (Lipinski definition) is 3. The van der Waals surface area contributed by atoms with Crippen LogP contribution < -0.4 is 11.5 Å². The van der Waals surface area contributed by atoms with E-state index in [9.17, 15) is 13.2 Å². The van der Waals surface area contributed by atoms with Gasteiger partial charge in [-0.05, 0) is 0 Å². The van der Waals surface area contributed by atoms with Crippen LogP contribution in [0.3, 0.4) is 0 Å². The topological polar surface area (TPSA) is 72.3 Å². The van der Waals surface area contributed by atoms with Crippen molar-refractivity contribution in [3.8, 4) is 0 Å². The lowest BCUT2D eigenvalue weighted by molar-refractivity contribution is -0.105. The average molecular weight is 204 g/mol. The van der Waals surface area contributed by atoms with Crippen LogP contribution in [-0.4, -0.2) is 35.1 Å². The minimum atomic E-state index is -4.19. The maximum atomic E-state index is 11.6. The van der Waals surface area contributed by atoms with Crippen LogP contribution in [0, 0.1) is 0 Å². The summed E-state index contributed by atoms with van der Waals surface area (Å²) in [5.74, 6) is -0.968. The Morgan fingerprint density at radius 2 is 1.83 bits per heavy atom. The maximum Gasteiger partial charge on any atom is 0.397 e. The summed E-state index contributed by atoms with van der Waals surface area (Å²) in [7, 11) is 0. The lowest BCUT2D eigenvalue weighted by atomic mass is 10.3. The fourth-order valence-electron chi connectivity index (χ4n) is 0.409. The Morgan fingerprint density at radius 1 is 1.33 bits per heavy atom.